The Bertz CT molecular complexity index is 588. The van der Waals surface area contributed by atoms with E-state index in [2.05, 4.69) is 22.5 Å². The number of nitrogens with zero attached hydrogens (tertiary/aromatic N) is 1. The number of nitrogens with one attached hydrogen (secondary N) is 2. The lowest BCUT2D eigenvalue weighted by Crippen LogP contribution is -2.55. The molecule has 1 saturated carbocycles. The Kier molecular flexibility index (Phi) is 5.16. The van der Waals surface area contributed by atoms with Crippen LogP contribution >= 0.6 is 0 Å². The SMILES string of the molecule is C[C@@H]1CO[C@@H](c2ccccc2)[C@@H](C)N1CC(=O)NC(=O)NC1CC1. The van der Waals surface area contributed by atoms with Crippen molar-refractivity contribution in [3.8, 4) is 0 Å². The maximum Gasteiger partial charge on any atom is 0.321 e. The molecule has 1 aliphatic carbocycles. The second-order valence-electron chi connectivity index (χ2n) is 6.72. The molecule has 130 valence electrons. The number of rotatable bonds is 4. The molecule has 24 heavy (non-hydrogen) atoms. The summed E-state index contributed by atoms with van der Waals surface area (Å²) in [5, 5.41) is 5.19. The fourth-order valence-electron chi connectivity index (χ4n) is 3.15. The number of urea groups is 1. The molecule has 2 fully saturated rings. The molecule has 2 aliphatic rings. The van der Waals surface area contributed by atoms with Crippen LogP contribution in [0.3, 0.4) is 0 Å². The van der Waals surface area contributed by atoms with E-state index in [1.165, 1.54) is 0 Å². The van der Waals surface area contributed by atoms with Crippen LogP contribution in [0, 0.1) is 0 Å². The Balaban J connectivity index is 1.60. The minimum atomic E-state index is -0.393. The van der Waals surface area contributed by atoms with Crippen LogP contribution in [0.15, 0.2) is 30.3 Å². The van der Waals surface area contributed by atoms with Crippen LogP contribution in [0.4, 0.5) is 4.79 Å². The van der Waals surface area contributed by atoms with Crippen molar-refractivity contribution in [1.29, 1.82) is 0 Å². The first kappa shape index (κ1) is 16.9. The average Bonchev–Trinajstić information content (AvgIpc) is 3.36. The van der Waals surface area contributed by atoms with E-state index < -0.39 is 6.03 Å². The third-order valence-corrected chi connectivity index (χ3v) is 4.66. The maximum atomic E-state index is 12.2. The molecule has 0 unspecified atom stereocenters. The third kappa shape index (κ3) is 4.13. The van der Waals surface area contributed by atoms with E-state index in [1.54, 1.807) is 0 Å². The summed E-state index contributed by atoms with van der Waals surface area (Å²) in [4.78, 5) is 26.0. The summed E-state index contributed by atoms with van der Waals surface area (Å²) >= 11 is 0. The molecule has 0 spiro atoms. The van der Waals surface area contributed by atoms with Gasteiger partial charge in [-0.3, -0.25) is 15.0 Å². The van der Waals surface area contributed by atoms with Gasteiger partial charge in [0.15, 0.2) is 0 Å². The van der Waals surface area contributed by atoms with Gasteiger partial charge in [-0.05, 0) is 32.3 Å². The summed E-state index contributed by atoms with van der Waals surface area (Å²) in [6.07, 6.45) is 1.92. The van der Waals surface area contributed by atoms with Gasteiger partial charge in [-0.1, -0.05) is 30.3 Å². The fraction of sp³-hybridized carbons (Fsp3) is 0.556. The van der Waals surface area contributed by atoms with Crippen molar-refractivity contribution < 1.29 is 14.3 Å². The standard InChI is InChI=1S/C18H25N3O3/c1-12-11-24-17(14-6-4-3-5-7-14)13(2)21(12)10-16(22)20-18(23)19-15-8-9-15/h3-7,12-13,15,17H,8-11H2,1-2H3,(H2,19,20,22,23)/t12-,13-,17-/m1/s1. The molecule has 6 nitrogen and oxygen atoms in total. The molecule has 1 saturated heterocycles. The van der Waals surface area contributed by atoms with Crippen molar-refractivity contribution >= 4 is 11.9 Å². The van der Waals surface area contributed by atoms with E-state index >= 15 is 0 Å². The van der Waals surface area contributed by atoms with Crippen molar-refractivity contribution in [3.63, 3.8) is 0 Å². The van der Waals surface area contributed by atoms with Crippen LogP contribution in [0.2, 0.25) is 0 Å². The molecule has 0 bridgehead atoms. The van der Waals surface area contributed by atoms with Crippen LogP contribution in [-0.2, 0) is 9.53 Å². The number of imide groups is 1. The van der Waals surface area contributed by atoms with Gasteiger partial charge in [-0.15, -0.1) is 0 Å². The number of hydrogen-bond acceptors (Lipinski definition) is 4. The molecule has 6 heteroatoms. The van der Waals surface area contributed by atoms with Crippen molar-refractivity contribution in [2.75, 3.05) is 13.2 Å². The number of morpholine rings is 1. The van der Waals surface area contributed by atoms with Crippen LogP contribution < -0.4 is 10.6 Å². The highest BCUT2D eigenvalue weighted by Crippen LogP contribution is 2.30. The number of amides is 3. The molecule has 1 aromatic rings. The number of carbonyl (C=O) groups excluding carboxylic acids is 2. The molecule has 1 heterocycles. The molecular formula is C18H25N3O3. The number of hydrogen-bond donors (Lipinski definition) is 2. The molecular weight excluding hydrogens is 306 g/mol. The van der Waals surface area contributed by atoms with Crippen LogP contribution in [-0.4, -0.2) is 48.1 Å². The zero-order chi connectivity index (χ0) is 17.1. The number of ether oxygens (including phenoxy) is 1. The van der Waals surface area contributed by atoms with Crippen LogP contribution in [0.25, 0.3) is 0 Å². The summed E-state index contributed by atoms with van der Waals surface area (Å²) in [7, 11) is 0. The van der Waals surface area contributed by atoms with Gasteiger partial charge in [0.2, 0.25) is 5.91 Å². The highest BCUT2D eigenvalue weighted by molar-refractivity contribution is 5.95. The van der Waals surface area contributed by atoms with Gasteiger partial charge in [0.25, 0.3) is 0 Å². The molecule has 1 aromatic carbocycles. The smallest absolute Gasteiger partial charge is 0.321 e. The number of benzene rings is 1. The third-order valence-electron chi connectivity index (χ3n) is 4.66. The van der Waals surface area contributed by atoms with E-state index in [0.717, 1.165) is 18.4 Å². The lowest BCUT2D eigenvalue weighted by Gasteiger charge is -2.43. The minimum absolute atomic E-state index is 0.0494. The average molecular weight is 331 g/mol. The Morgan fingerprint density at radius 3 is 2.58 bits per heavy atom. The van der Waals surface area contributed by atoms with Gasteiger partial charge in [0, 0.05) is 18.1 Å². The molecule has 1 aliphatic heterocycles. The first-order valence-corrected chi connectivity index (χ1v) is 8.57. The molecule has 0 aromatic heterocycles. The monoisotopic (exact) mass is 331 g/mol. The van der Waals surface area contributed by atoms with Gasteiger partial charge in [0.1, 0.15) is 0 Å². The zero-order valence-electron chi connectivity index (χ0n) is 14.2. The summed E-state index contributed by atoms with van der Waals surface area (Å²) in [6, 6.07) is 10.0. The van der Waals surface area contributed by atoms with E-state index in [9.17, 15) is 9.59 Å². The second kappa shape index (κ2) is 7.32. The van der Waals surface area contributed by atoms with Crippen molar-refractivity contribution in [2.24, 2.45) is 0 Å². The van der Waals surface area contributed by atoms with E-state index in [1.807, 2.05) is 37.3 Å². The number of carbonyl (C=O) groups is 2. The van der Waals surface area contributed by atoms with Gasteiger partial charge in [-0.2, -0.15) is 0 Å². The van der Waals surface area contributed by atoms with Crippen molar-refractivity contribution in [3.05, 3.63) is 35.9 Å². The summed E-state index contributed by atoms with van der Waals surface area (Å²) in [5.74, 6) is -0.277. The van der Waals surface area contributed by atoms with E-state index in [0.29, 0.717) is 6.61 Å². The van der Waals surface area contributed by atoms with Gasteiger partial charge in [0.05, 0.1) is 19.3 Å². The highest BCUT2D eigenvalue weighted by Gasteiger charge is 2.35. The second-order valence-corrected chi connectivity index (χ2v) is 6.72. The minimum Gasteiger partial charge on any atom is -0.370 e. The summed E-state index contributed by atoms with van der Waals surface area (Å²) in [6.45, 7) is 4.85. The lowest BCUT2D eigenvalue weighted by molar-refractivity contribution is -0.130. The molecule has 0 radical (unpaired) electrons. The normalized spacial score (nSPS) is 27.5. The Labute approximate surface area is 142 Å². The first-order valence-electron chi connectivity index (χ1n) is 8.57. The van der Waals surface area contributed by atoms with Crippen LogP contribution in [0.1, 0.15) is 38.4 Å². The predicted octanol–water partition coefficient (Wildman–Crippen LogP) is 1.83. The van der Waals surface area contributed by atoms with Gasteiger partial charge in [-0.25, -0.2) is 4.79 Å². The lowest BCUT2D eigenvalue weighted by atomic mass is 9.98. The van der Waals surface area contributed by atoms with E-state index in [4.69, 9.17) is 4.74 Å². The topological polar surface area (TPSA) is 70.7 Å². The maximum absolute atomic E-state index is 12.2. The van der Waals surface area contributed by atoms with E-state index in [-0.39, 0.29) is 36.7 Å². The quantitative estimate of drug-likeness (QED) is 0.883. The fourth-order valence-corrected chi connectivity index (χ4v) is 3.15. The summed E-state index contributed by atoms with van der Waals surface area (Å²) in [5.41, 5.74) is 1.11. The molecule has 3 atom stereocenters. The highest BCUT2D eigenvalue weighted by atomic mass is 16.5. The Morgan fingerprint density at radius 2 is 1.92 bits per heavy atom. The zero-order valence-corrected chi connectivity index (χ0v) is 14.2. The molecule has 3 amide bonds. The largest absolute Gasteiger partial charge is 0.370 e. The van der Waals surface area contributed by atoms with Gasteiger partial charge < -0.3 is 10.1 Å². The molecule has 2 N–H and O–H groups in total. The van der Waals surface area contributed by atoms with Gasteiger partial charge >= 0.3 is 6.03 Å². The van der Waals surface area contributed by atoms with Crippen molar-refractivity contribution in [1.82, 2.24) is 15.5 Å². The van der Waals surface area contributed by atoms with Crippen molar-refractivity contribution in [2.45, 2.75) is 50.9 Å². The van der Waals surface area contributed by atoms with Crippen LogP contribution in [0.5, 0.6) is 0 Å². The molecule has 3 rings (SSSR count). The first-order chi connectivity index (χ1) is 11.5. The Hall–Kier alpha value is -1.92. The predicted molar refractivity (Wildman–Crippen MR) is 90.5 cm³/mol. The summed E-state index contributed by atoms with van der Waals surface area (Å²) < 4.78 is 5.99. The Morgan fingerprint density at radius 1 is 1.21 bits per heavy atom.